The van der Waals surface area contributed by atoms with Crippen molar-refractivity contribution in [3.63, 3.8) is 0 Å². The van der Waals surface area contributed by atoms with E-state index in [0.717, 1.165) is 24.0 Å². The molecule has 0 spiro atoms. The number of amides is 1. The average molecular weight is 438 g/mol. The Balaban J connectivity index is 1.62. The van der Waals surface area contributed by atoms with Crippen LogP contribution in [0.5, 0.6) is 11.5 Å². The SMILES string of the molecule is COc1ccc(NC(=O)c2c(-c3ccccc3)ccc(CCCc3ccccc3)c2O)cc1. The molecule has 1 amide bonds. The summed E-state index contributed by atoms with van der Waals surface area (Å²) in [6, 6.07) is 30.9. The van der Waals surface area contributed by atoms with Crippen molar-refractivity contribution in [3.05, 3.63) is 114 Å². The van der Waals surface area contributed by atoms with Crippen LogP contribution in [0.15, 0.2) is 97.1 Å². The van der Waals surface area contributed by atoms with E-state index in [1.165, 1.54) is 5.56 Å². The normalized spacial score (nSPS) is 10.6. The van der Waals surface area contributed by atoms with E-state index >= 15 is 0 Å². The van der Waals surface area contributed by atoms with E-state index in [-0.39, 0.29) is 17.2 Å². The molecule has 0 aliphatic carbocycles. The Morgan fingerprint density at radius 2 is 1.48 bits per heavy atom. The van der Waals surface area contributed by atoms with Gasteiger partial charge in [0.25, 0.3) is 5.91 Å². The maximum Gasteiger partial charge on any atom is 0.260 e. The predicted octanol–water partition coefficient (Wildman–Crippen LogP) is 6.50. The lowest BCUT2D eigenvalue weighted by molar-refractivity contribution is 0.102. The lowest BCUT2D eigenvalue weighted by Crippen LogP contribution is -2.14. The maximum absolute atomic E-state index is 13.3. The number of carbonyl (C=O) groups excluding carboxylic acids is 1. The molecule has 0 fully saturated rings. The molecule has 4 heteroatoms. The molecule has 4 aromatic carbocycles. The van der Waals surface area contributed by atoms with Crippen LogP contribution in [0.3, 0.4) is 0 Å². The van der Waals surface area contributed by atoms with Crippen LogP contribution in [-0.4, -0.2) is 18.1 Å². The Morgan fingerprint density at radius 1 is 0.818 bits per heavy atom. The average Bonchev–Trinajstić information content (AvgIpc) is 2.86. The van der Waals surface area contributed by atoms with Gasteiger partial charge in [-0.1, -0.05) is 72.8 Å². The van der Waals surface area contributed by atoms with Crippen molar-refractivity contribution in [1.82, 2.24) is 0 Å². The number of rotatable bonds is 8. The van der Waals surface area contributed by atoms with E-state index in [1.54, 1.807) is 31.4 Å². The third-order valence-corrected chi connectivity index (χ3v) is 5.68. The van der Waals surface area contributed by atoms with Gasteiger partial charge in [-0.3, -0.25) is 4.79 Å². The number of phenolic OH excluding ortho intramolecular Hbond substituents is 1. The number of hydrogen-bond donors (Lipinski definition) is 2. The minimum absolute atomic E-state index is 0.0374. The highest BCUT2D eigenvalue weighted by atomic mass is 16.5. The fourth-order valence-corrected chi connectivity index (χ4v) is 3.92. The third kappa shape index (κ3) is 5.42. The first kappa shape index (κ1) is 22.2. The topological polar surface area (TPSA) is 58.6 Å². The van der Waals surface area contributed by atoms with E-state index in [4.69, 9.17) is 4.74 Å². The van der Waals surface area contributed by atoms with Gasteiger partial charge in [0, 0.05) is 5.69 Å². The molecule has 4 rings (SSSR count). The van der Waals surface area contributed by atoms with Crippen LogP contribution < -0.4 is 10.1 Å². The van der Waals surface area contributed by atoms with Crippen molar-refractivity contribution in [1.29, 1.82) is 0 Å². The zero-order chi connectivity index (χ0) is 23.0. The number of methoxy groups -OCH3 is 1. The Bertz CT molecular complexity index is 1200. The van der Waals surface area contributed by atoms with Crippen LogP contribution in [-0.2, 0) is 12.8 Å². The molecule has 4 aromatic rings. The molecule has 0 bridgehead atoms. The molecule has 0 aliphatic heterocycles. The quantitative estimate of drug-likeness (QED) is 0.331. The second kappa shape index (κ2) is 10.5. The molecular formula is C29H27NO3. The van der Waals surface area contributed by atoms with Gasteiger partial charge in [-0.15, -0.1) is 0 Å². The van der Waals surface area contributed by atoms with Crippen LogP contribution in [0.2, 0.25) is 0 Å². The van der Waals surface area contributed by atoms with E-state index in [1.807, 2.05) is 60.7 Å². The standard InChI is InChI=1S/C29H27NO3/c1-33-25-18-16-24(17-19-25)30-29(32)27-26(22-12-6-3-7-13-22)20-15-23(28(27)31)14-8-11-21-9-4-2-5-10-21/h2-7,9-10,12-13,15-20,31H,8,11,14H2,1H3,(H,30,32). The van der Waals surface area contributed by atoms with E-state index in [2.05, 4.69) is 17.4 Å². The lowest BCUT2D eigenvalue weighted by Gasteiger charge is -2.16. The van der Waals surface area contributed by atoms with E-state index in [9.17, 15) is 9.90 Å². The highest BCUT2D eigenvalue weighted by Crippen LogP contribution is 2.34. The number of aryl methyl sites for hydroxylation is 2. The first-order valence-electron chi connectivity index (χ1n) is 11.1. The molecular weight excluding hydrogens is 410 g/mol. The predicted molar refractivity (Wildman–Crippen MR) is 133 cm³/mol. The maximum atomic E-state index is 13.3. The molecule has 2 N–H and O–H groups in total. The van der Waals surface area contributed by atoms with Crippen molar-refractivity contribution in [2.45, 2.75) is 19.3 Å². The first-order chi connectivity index (χ1) is 16.2. The summed E-state index contributed by atoms with van der Waals surface area (Å²) in [6.07, 6.45) is 2.47. The first-order valence-corrected chi connectivity index (χ1v) is 11.1. The van der Waals surface area contributed by atoms with Crippen LogP contribution in [0.1, 0.15) is 27.9 Å². The third-order valence-electron chi connectivity index (χ3n) is 5.68. The fourth-order valence-electron chi connectivity index (χ4n) is 3.92. The zero-order valence-corrected chi connectivity index (χ0v) is 18.6. The van der Waals surface area contributed by atoms with Gasteiger partial charge in [-0.2, -0.15) is 0 Å². The van der Waals surface area contributed by atoms with Gasteiger partial charge >= 0.3 is 0 Å². The fraction of sp³-hybridized carbons (Fsp3) is 0.138. The lowest BCUT2D eigenvalue weighted by atomic mass is 9.93. The minimum Gasteiger partial charge on any atom is -0.507 e. The number of carbonyl (C=O) groups is 1. The van der Waals surface area contributed by atoms with Crippen LogP contribution in [0, 0.1) is 0 Å². The molecule has 0 saturated carbocycles. The molecule has 0 aliphatic rings. The van der Waals surface area contributed by atoms with Gasteiger partial charge in [-0.05, 0) is 65.8 Å². The van der Waals surface area contributed by atoms with Crippen LogP contribution >= 0.6 is 0 Å². The number of hydrogen-bond acceptors (Lipinski definition) is 3. The molecule has 4 nitrogen and oxygen atoms in total. The Hall–Kier alpha value is -4.05. The molecule has 33 heavy (non-hydrogen) atoms. The van der Waals surface area contributed by atoms with Gasteiger partial charge in [0.05, 0.1) is 12.7 Å². The van der Waals surface area contributed by atoms with E-state index < -0.39 is 0 Å². The Morgan fingerprint density at radius 3 is 2.15 bits per heavy atom. The summed E-state index contributed by atoms with van der Waals surface area (Å²) in [6.45, 7) is 0. The number of nitrogens with one attached hydrogen (secondary N) is 1. The van der Waals surface area contributed by atoms with Crippen LogP contribution in [0.25, 0.3) is 11.1 Å². The largest absolute Gasteiger partial charge is 0.507 e. The summed E-state index contributed by atoms with van der Waals surface area (Å²) in [5.74, 6) is 0.401. The summed E-state index contributed by atoms with van der Waals surface area (Å²) in [5.41, 5.74) is 4.53. The second-order valence-corrected chi connectivity index (χ2v) is 7.88. The smallest absolute Gasteiger partial charge is 0.260 e. The van der Waals surface area contributed by atoms with Crippen molar-refractivity contribution in [2.24, 2.45) is 0 Å². The van der Waals surface area contributed by atoms with Gasteiger partial charge in [0.15, 0.2) is 0 Å². The number of phenols is 1. The molecule has 0 radical (unpaired) electrons. The second-order valence-electron chi connectivity index (χ2n) is 7.88. The Labute approximate surface area is 194 Å². The van der Waals surface area contributed by atoms with Crippen LogP contribution in [0.4, 0.5) is 5.69 Å². The summed E-state index contributed by atoms with van der Waals surface area (Å²) in [7, 11) is 1.60. The molecule has 0 atom stereocenters. The number of ether oxygens (including phenoxy) is 1. The summed E-state index contributed by atoms with van der Waals surface area (Å²) in [5, 5.41) is 14.1. The van der Waals surface area contributed by atoms with Gasteiger partial charge in [0.1, 0.15) is 11.5 Å². The molecule has 0 unspecified atom stereocenters. The van der Waals surface area contributed by atoms with E-state index in [0.29, 0.717) is 23.4 Å². The molecule has 0 saturated heterocycles. The molecule has 0 heterocycles. The molecule has 0 aromatic heterocycles. The number of benzene rings is 4. The monoisotopic (exact) mass is 437 g/mol. The van der Waals surface area contributed by atoms with Crippen molar-refractivity contribution in [2.75, 3.05) is 12.4 Å². The van der Waals surface area contributed by atoms with Crippen molar-refractivity contribution < 1.29 is 14.6 Å². The number of anilines is 1. The zero-order valence-electron chi connectivity index (χ0n) is 18.6. The molecule has 166 valence electrons. The highest BCUT2D eigenvalue weighted by Gasteiger charge is 2.20. The van der Waals surface area contributed by atoms with Crippen molar-refractivity contribution in [3.8, 4) is 22.6 Å². The van der Waals surface area contributed by atoms with Crippen molar-refractivity contribution >= 4 is 11.6 Å². The van der Waals surface area contributed by atoms with Gasteiger partial charge < -0.3 is 15.2 Å². The summed E-state index contributed by atoms with van der Waals surface area (Å²) >= 11 is 0. The summed E-state index contributed by atoms with van der Waals surface area (Å²) < 4.78 is 5.19. The van der Waals surface area contributed by atoms with Gasteiger partial charge in [-0.25, -0.2) is 0 Å². The minimum atomic E-state index is -0.346. The highest BCUT2D eigenvalue weighted by molar-refractivity contribution is 6.11. The Kier molecular flexibility index (Phi) is 7.06. The number of aromatic hydroxyl groups is 1. The summed E-state index contributed by atoms with van der Waals surface area (Å²) in [4.78, 5) is 13.3. The van der Waals surface area contributed by atoms with Gasteiger partial charge in [0.2, 0.25) is 0 Å².